The zero-order chi connectivity index (χ0) is 14.6. The molecule has 0 amide bonds. The Morgan fingerprint density at radius 1 is 1.47 bits per heavy atom. The fourth-order valence-electron chi connectivity index (χ4n) is 3.30. The van der Waals surface area contributed by atoms with E-state index in [9.17, 15) is 4.79 Å². The van der Waals surface area contributed by atoms with Gasteiger partial charge in [-0.05, 0) is 46.1 Å². The van der Waals surface area contributed by atoms with Crippen molar-refractivity contribution in [2.45, 2.75) is 70.5 Å². The maximum atomic E-state index is 11.7. The van der Waals surface area contributed by atoms with Crippen molar-refractivity contribution in [1.82, 2.24) is 4.90 Å². The minimum absolute atomic E-state index is 0.277. The van der Waals surface area contributed by atoms with Crippen molar-refractivity contribution in [2.24, 2.45) is 11.7 Å². The van der Waals surface area contributed by atoms with Crippen LogP contribution in [-0.4, -0.2) is 42.6 Å². The van der Waals surface area contributed by atoms with Crippen LogP contribution in [0.3, 0.4) is 0 Å². The summed E-state index contributed by atoms with van der Waals surface area (Å²) in [5, 5.41) is 0. The molecule has 112 valence electrons. The van der Waals surface area contributed by atoms with Crippen molar-refractivity contribution in [1.29, 1.82) is 0 Å². The SMILES string of the molecule is COC(=O)C(C)(N)CC(C)N(C)C1CCCCC1C. The minimum atomic E-state index is -0.902. The highest BCUT2D eigenvalue weighted by atomic mass is 16.5. The molecule has 1 fully saturated rings. The normalized spacial score (nSPS) is 28.8. The molecule has 4 nitrogen and oxygen atoms in total. The summed E-state index contributed by atoms with van der Waals surface area (Å²) in [5.41, 5.74) is 5.17. The molecule has 0 radical (unpaired) electrons. The average molecular weight is 270 g/mol. The Labute approximate surface area is 117 Å². The van der Waals surface area contributed by atoms with E-state index in [-0.39, 0.29) is 12.0 Å². The van der Waals surface area contributed by atoms with Gasteiger partial charge < -0.3 is 15.4 Å². The van der Waals surface area contributed by atoms with Crippen molar-refractivity contribution in [3.63, 3.8) is 0 Å². The lowest BCUT2D eigenvalue weighted by atomic mass is 9.83. The number of carbonyl (C=O) groups is 1. The van der Waals surface area contributed by atoms with Gasteiger partial charge in [0.25, 0.3) is 0 Å². The van der Waals surface area contributed by atoms with Crippen LogP contribution < -0.4 is 5.73 Å². The van der Waals surface area contributed by atoms with E-state index in [1.807, 2.05) is 0 Å². The van der Waals surface area contributed by atoms with Crippen LogP contribution in [0.15, 0.2) is 0 Å². The molecule has 4 heteroatoms. The molecule has 0 spiro atoms. The summed E-state index contributed by atoms with van der Waals surface area (Å²) in [6.07, 6.45) is 5.83. The van der Waals surface area contributed by atoms with Crippen molar-refractivity contribution in [2.75, 3.05) is 14.2 Å². The number of methoxy groups -OCH3 is 1. The second kappa shape index (κ2) is 6.71. The number of nitrogens with zero attached hydrogens (tertiary/aromatic N) is 1. The molecule has 1 rings (SSSR count). The van der Waals surface area contributed by atoms with E-state index < -0.39 is 5.54 Å². The fourth-order valence-corrected chi connectivity index (χ4v) is 3.30. The van der Waals surface area contributed by atoms with E-state index in [2.05, 4.69) is 25.8 Å². The van der Waals surface area contributed by atoms with Gasteiger partial charge in [0.1, 0.15) is 5.54 Å². The van der Waals surface area contributed by atoms with E-state index in [1.165, 1.54) is 32.8 Å². The number of ether oxygens (including phenoxy) is 1. The second-order valence-electron chi connectivity index (χ2n) is 6.46. The highest BCUT2D eigenvalue weighted by Gasteiger charge is 2.35. The van der Waals surface area contributed by atoms with E-state index in [4.69, 9.17) is 10.5 Å². The summed E-state index contributed by atoms with van der Waals surface area (Å²) in [7, 11) is 3.55. The van der Waals surface area contributed by atoms with Crippen LogP contribution in [0.25, 0.3) is 0 Å². The smallest absolute Gasteiger partial charge is 0.325 e. The van der Waals surface area contributed by atoms with Crippen LogP contribution in [0.1, 0.15) is 52.9 Å². The molecule has 0 aromatic heterocycles. The Morgan fingerprint density at radius 3 is 2.58 bits per heavy atom. The van der Waals surface area contributed by atoms with Crippen molar-refractivity contribution in [3.05, 3.63) is 0 Å². The van der Waals surface area contributed by atoms with Gasteiger partial charge in [0, 0.05) is 12.1 Å². The second-order valence-corrected chi connectivity index (χ2v) is 6.46. The summed E-state index contributed by atoms with van der Waals surface area (Å²) in [4.78, 5) is 14.1. The third-order valence-electron chi connectivity index (χ3n) is 4.66. The first-order valence-corrected chi connectivity index (χ1v) is 7.39. The maximum Gasteiger partial charge on any atom is 0.325 e. The molecule has 0 heterocycles. The summed E-state index contributed by atoms with van der Waals surface area (Å²) < 4.78 is 4.78. The van der Waals surface area contributed by atoms with Crippen molar-refractivity contribution >= 4 is 5.97 Å². The summed E-state index contributed by atoms with van der Waals surface area (Å²) in [6.45, 7) is 6.23. The lowest BCUT2D eigenvalue weighted by Gasteiger charge is -2.41. The molecule has 0 aromatic rings. The zero-order valence-electron chi connectivity index (χ0n) is 13.1. The number of carbonyl (C=O) groups excluding carboxylic acids is 1. The van der Waals surface area contributed by atoms with Crippen LogP contribution in [0, 0.1) is 5.92 Å². The standard InChI is InChI=1S/C15H30N2O2/c1-11-8-6-7-9-13(11)17(4)12(2)10-15(3,16)14(18)19-5/h11-13H,6-10,16H2,1-5H3. The van der Waals surface area contributed by atoms with Gasteiger partial charge in [0.05, 0.1) is 7.11 Å². The van der Waals surface area contributed by atoms with Crippen LogP contribution in [0.4, 0.5) is 0 Å². The Bertz CT molecular complexity index is 305. The maximum absolute atomic E-state index is 11.7. The molecule has 1 saturated carbocycles. The molecule has 19 heavy (non-hydrogen) atoms. The molecule has 1 aliphatic rings. The highest BCUT2D eigenvalue weighted by molar-refractivity contribution is 5.79. The molecule has 0 aliphatic heterocycles. The largest absolute Gasteiger partial charge is 0.468 e. The molecule has 1 aliphatic carbocycles. The molecule has 0 bridgehead atoms. The molecular weight excluding hydrogens is 240 g/mol. The predicted molar refractivity (Wildman–Crippen MR) is 77.9 cm³/mol. The van der Waals surface area contributed by atoms with E-state index in [0.29, 0.717) is 12.5 Å². The molecule has 0 aromatic carbocycles. The van der Waals surface area contributed by atoms with Gasteiger partial charge >= 0.3 is 5.97 Å². The minimum Gasteiger partial charge on any atom is -0.468 e. The summed E-state index contributed by atoms with van der Waals surface area (Å²) >= 11 is 0. The van der Waals surface area contributed by atoms with Gasteiger partial charge in [-0.2, -0.15) is 0 Å². The topological polar surface area (TPSA) is 55.6 Å². The lowest BCUT2D eigenvalue weighted by molar-refractivity contribution is -0.147. The predicted octanol–water partition coefficient (Wildman–Crippen LogP) is 2.17. The van der Waals surface area contributed by atoms with E-state index >= 15 is 0 Å². The van der Waals surface area contributed by atoms with E-state index in [0.717, 1.165) is 5.92 Å². The Hall–Kier alpha value is -0.610. The van der Waals surface area contributed by atoms with Gasteiger partial charge in [-0.3, -0.25) is 4.79 Å². The first-order chi connectivity index (χ1) is 8.79. The first-order valence-electron chi connectivity index (χ1n) is 7.39. The number of esters is 1. The van der Waals surface area contributed by atoms with Crippen molar-refractivity contribution in [3.8, 4) is 0 Å². The van der Waals surface area contributed by atoms with Gasteiger partial charge in [0.15, 0.2) is 0 Å². The average Bonchev–Trinajstić information content (AvgIpc) is 2.36. The summed E-state index contributed by atoms with van der Waals surface area (Å²) in [6, 6.07) is 0.886. The van der Waals surface area contributed by atoms with Gasteiger partial charge in [-0.25, -0.2) is 0 Å². The van der Waals surface area contributed by atoms with Gasteiger partial charge in [-0.15, -0.1) is 0 Å². The quantitative estimate of drug-likeness (QED) is 0.778. The molecular formula is C15H30N2O2. The lowest BCUT2D eigenvalue weighted by Crippen LogP contribution is -2.52. The Kier molecular flexibility index (Phi) is 5.81. The molecule has 0 saturated heterocycles. The number of rotatable bonds is 5. The zero-order valence-corrected chi connectivity index (χ0v) is 13.1. The summed E-state index contributed by atoms with van der Waals surface area (Å²) in [5.74, 6) is 0.396. The Morgan fingerprint density at radius 2 is 2.05 bits per heavy atom. The highest BCUT2D eigenvalue weighted by Crippen LogP contribution is 2.29. The Balaban J connectivity index is 2.61. The van der Waals surface area contributed by atoms with Crippen LogP contribution in [-0.2, 0) is 9.53 Å². The molecule has 4 unspecified atom stereocenters. The van der Waals surface area contributed by atoms with Gasteiger partial charge in [0.2, 0.25) is 0 Å². The van der Waals surface area contributed by atoms with Crippen molar-refractivity contribution < 1.29 is 9.53 Å². The monoisotopic (exact) mass is 270 g/mol. The molecule has 4 atom stereocenters. The third-order valence-corrected chi connectivity index (χ3v) is 4.66. The number of nitrogens with two attached hydrogens (primary N) is 1. The fraction of sp³-hybridized carbons (Fsp3) is 0.933. The number of hydrogen-bond donors (Lipinski definition) is 1. The number of hydrogen-bond acceptors (Lipinski definition) is 4. The van der Waals surface area contributed by atoms with Crippen LogP contribution >= 0.6 is 0 Å². The molecule has 2 N–H and O–H groups in total. The van der Waals surface area contributed by atoms with Crippen LogP contribution in [0.5, 0.6) is 0 Å². The van der Waals surface area contributed by atoms with Gasteiger partial charge in [-0.1, -0.05) is 19.8 Å². The van der Waals surface area contributed by atoms with E-state index in [1.54, 1.807) is 6.92 Å². The van der Waals surface area contributed by atoms with Crippen LogP contribution in [0.2, 0.25) is 0 Å². The first kappa shape index (κ1) is 16.4. The third kappa shape index (κ3) is 4.18.